The molecular formula is C13H17NO4. The van der Waals surface area contributed by atoms with Crippen LogP contribution in [0.25, 0.3) is 0 Å². The van der Waals surface area contributed by atoms with Crippen molar-refractivity contribution < 1.29 is 19.4 Å². The number of aromatic carboxylic acids is 1. The molecule has 0 radical (unpaired) electrons. The van der Waals surface area contributed by atoms with E-state index in [1.165, 1.54) is 0 Å². The number of ether oxygens (including phenoxy) is 1. The van der Waals surface area contributed by atoms with E-state index in [0.717, 1.165) is 12.8 Å². The average Bonchev–Trinajstić information content (AvgIpc) is 3.05. The molecule has 0 unspecified atom stereocenters. The highest BCUT2D eigenvalue weighted by Gasteiger charge is 2.34. The maximum absolute atomic E-state index is 11.9. The van der Waals surface area contributed by atoms with Gasteiger partial charge in [0.2, 0.25) is 0 Å². The summed E-state index contributed by atoms with van der Waals surface area (Å²) in [5.41, 5.74) is 1.63. The fourth-order valence-corrected chi connectivity index (χ4v) is 2.45. The van der Waals surface area contributed by atoms with Gasteiger partial charge in [-0.15, -0.1) is 0 Å². The summed E-state index contributed by atoms with van der Waals surface area (Å²) < 4.78 is 6.91. The first-order valence-corrected chi connectivity index (χ1v) is 6.10. The van der Waals surface area contributed by atoms with Crippen LogP contribution in [0.5, 0.6) is 0 Å². The van der Waals surface area contributed by atoms with Crippen LogP contribution in [-0.4, -0.2) is 28.2 Å². The van der Waals surface area contributed by atoms with Crippen LogP contribution in [0.2, 0.25) is 0 Å². The summed E-state index contributed by atoms with van der Waals surface area (Å²) in [6, 6.07) is 0.339. The Morgan fingerprint density at radius 2 is 1.83 bits per heavy atom. The lowest BCUT2D eigenvalue weighted by molar-refractivity contribution is 0.0514. The number of nitrogens with zero attached hydrogens (tertiary/aromatic N) is 1. The maximum Gasteiger partial charge on any atom is 0.340 e. The minimum atomic E-state index is -1.07. The predicted octanol–water partition coefficient (Wildman–Crippen LogP) is 2.31. The van der Waals surface area contributed by atoms with Crippen molar-refractivity contribution in [1.29, 1.82) is 0 Å². The second-order valence-corrected chi connectivity index (χ2v) is 4.55. The number of carbonyl (C=O) groups excluding carboxylic acids is 1. The van der Waals surface area contributed by atoms with E-state index < -0.39 is 11.9 Å². The van der Waals surface area contributed by atoms with Gasteiger partial charge in [0, 0.05) is 17.4 Å². The van der Waals surface area contributed by atoms with Crippen LogP contribution >= 0.6 is 0 Å². The second kappa shape index (κ2) is 4.48. The molecule has 1 aliphatic carbocycles. The zero-order valence-electron chi connectivity index (χ0n) is 10.8. The molecule has 1 aromatic heterocycles. The minimum absolute atomic E-state index is 0.0813. The maximum atomic E-state index is 11.9. The van der Waals surface area contributed by atoms with E-state index in [4.69, 9.17) is 4.74 Å². The van der Waals surface area contributed by atoms with E-state index in [-0.39, 0.29) is 17.7 Å². The zero-order chi connectivity index (χ0) is 13.4. The quantitative estimate of drug-likeness (QED) is 0.834. The van der Waals surface area contributed by atoms with Crippen molar-refractivity contribution >= 4 is 11.9 Å². The first-order valence-electron chi connectivity index (χ1n) is 6.10. The molecule has 18 heavy (non-hydrogen) atoms. The lowest BCUT2D eigenvalue weighted by Gasteiger charge is -2.07. The molecule has 1 fully saturated rings. The minimum Gasteiger partial charge on any atom is -0.478 e. The summed E-state index contributed by atoms with van der Waals surface area (Å²) in [4.78, 5) is 23.2. The van der Waals surface area contributed by atoms with Crippen molar-refractivity contribution in [2.24, 2.45) is 0 Å². The largest absolute Gasteiger partial charge is 0.478 e. The van der Waals surface area contributed by atoms with Crippen molar-refractivity contribution in [3.63, 3.8) is 0 Å². The van der Waals surface area contributed by atoms with Gasteiger partial charge in [0.15, 0.2) is 0 Å². The number of carbonyl (C=O) groups is 2. The Balaban J connectivity index is 2.58. The molecular weight excluding hydrogens is 234 g/mol. The summed E-state index contributed by atoms with van der Waals surface area (Å²) in [7, 11) is 0. The Kier molecular flexibility index (Phi) is 3.15. The molecule has 1 heterocycles. The van der Waals surface area contributed by atoms with E-state index in [1.807, 2.05) is 4.57 Å². The Morgan fingerprint density at radius 1 is 1.28 bits per heavy atom. The van der Waals surface area contributed by atoms with Gasteiger partial charge < -0.3 is 14.4 Å². The van der Waals surface area contributed by atoms with E-state index in [9.17, 15) is 14.7 Å². The second-order valence-electron chi connectivity index (χ2n) is 4.55. The van der Waals surface area contributed by atoms with Crippen molar-refractivity contribution in [2.45, 2.75) is 39.7 Å². The molecule has 98 valence electrons. The van der Waals surface area contributed by atoms with Crippen molar-refractivity contribution in [1.82, 2.24) is 4.57 Å². The lowest BCUT2D eigenvalue weighted by atomic mass is 10.1. The number of rotatable bonds is 4. The number of carboxylic acids is 1. The molecule has 0 atom stereocenters. The number of aromatic nitrogens is 1. The summed E-state index contributed by atoms with van der Waals surface area (Å²) in [5.74, 6) is -1.62. The molecule has 5 nitrogen and oxygen atoms in total. The number of esters is 1. The van der Waals surface area contributed by atoms with Gasteiger partial charge in [-0.3, -0.25) is 0 Å². The van der Waals surface area contributed by atoms with Gasteiger partial charge in [0.05, 0.1) is 17.7 Å². The Morgan fingerprint density at radius 3 is 2.28 bits per heavy atom. The molecule has 1 N–H and O–H groups in total. The van der Waals surface area contributed by atoms with E-state index in [2.05, 4.69) is 0 Å². The average molecular weight is 251 g/mol. The van der Waals surface area contributed by atoms with E-state index in [1.54, 1.807) is 20.8 Å². The van der Waals surface area contributed by atoms with Gasteiger partial charge in [-0.25, -0.2) is 9.59 Å². The smallest absolute Gasteiger partial charge is 0.340 e. The third-order valence-corrected chi connectivity index (χ3v) is 3.30. The van der Waals surface area contributed by atoms with Gasteiger partial charge in [-0.2, -0.15) is 0 Å². The van der Waals surface area contributed by atoms with Crippen molar-refractivity contribution in [2.75, 3.05) is 6.61 Å². The molecule has 1 aliphatic rings. The Bertz CT molecular complexity index is 512. The first-order chi connectivity index (χ1) is 8.49. The normalized spacial score (nSPS) is 14.6. The van der Waals surface area contributed by atoms with Crippen molar-refractivity contribution in [3.05, 3.63) is 22.5 Å². The van der Waals surface area contributed by atoms with Crippen LogP contribution in [0, 0.1) is 13.8 Å². The number of hydrogen-bond acceptors (Lipinski definition) is 3. The van der Waals surface area contributed by atoms with Gasteiger partial charge >= 0.3 is 11.9 Å². The van der Waals surface area contributed by atoms with Crippen LogP contribution in [0.15, 0.2) is 0 Å². The molecule has 2 rings (SSSR count). The van der Waals surface area contributed by atoms with Crippen LogP contribution in [-0.2, 0) is 4.74 Å². The van der Waals surface area contributed by atoms with Crippen molar-refractivity contribution in [3.8, 4) is 0 Å². The van der Waals surface area contributed by atoms with Crippen LogP contribution in [0.3, 0.4) is 0 Å². The number of hydrogen-bond donors (Lipinski definition) is 1. The monoisotopic (exact) mass is 251 g/mol. The molecule has 5 heteroatoms. The summed E-state index contributed by atoms with van der Waals surface area (Å²) in [6.45, 7) is 5.48. The van der Waals surface area contributed by atoms with Gasteiger partial charge in [-0.05, 0) is 33.6 Å². The summed E-state index contributed by atoms with van der Waals surface area (Å²) >= 11 is 0. The third-order valence-electron chi connectivity index (χ3n) is 3.30. The zero-order valence-corrected chi connectivity index (χ0v) is 10.8. The van der Waals surface area contributed by atoms with Gasteiger partial charge in [0.1, 0.15) is 0 Å². The standard InChI is InChI=1S/C13H17NO4/c1-4-18-13(17)11-8(3)14(9-5-6-9)7(2)10(11)12(15)16/h9H,4-6H2,1-3H3,(H,15,16). The third kappa shape index (κ3) is 1.89. The molecule has 1 aromatic rings. The molecule has 0 aromatic carbocycles. The van der Waals surface area contributed by atoms with Gasteiger partial charge in [0.25, 0.3) is 0 Å². The topological polar surface area (TPSA) is 68.5 Å². The summed E-state index contributed by atoms with van der Waals surface area (Å²) in [5, 5.41) is 9.28. The molecule has 1 saturated carbocycles. The fraction of sp³-hybridized carbons (Fsp3) is 0.538. The highest BCUT2D eigenvalue weighted by Crippen LogP contribution is 2.40. The highest BCUT2D eigenvalue weighted by atomic mass is 16.5. The van der Waals surface area contributed by atoms with E-state index >= 15 is 0 Å². The Labute approximate surface area is 105 Å². The molecule has 0 saturated heterocycles. The summed E-state index contributed by atoms with van der Waals surface area (Å²) in [6.07, 6.45) is 2.08. The lowest BCUT2D eigenvalue weighted by Crippen LogP contribution is -2.11. The molecule has 0 amide bonds. The molecule has 0 aliphatic heterocycles. The first kappa shape index (κ1) is 12.7. The van der Waals surface area contributed by atoms with Crippen LogP contribution in [0.4, 0.5) is 0 Å². The van der Waals surface area contributed by atoms with Crippen LogP contribution in [0.1, 0.15) is 57.9 Å². The number of carboxylic acid groups (broad SMARTS) is 1. The SMILES string of the molecule is CCOC(=O)c1c(C(=O)O)c(C)n(C2CC2)c1C. The highest BCUT2D eigenvalue weighted by molar-refractivity contribution is 6.04. The fourth-order valence-electron chi connectivity index (χ4n) is 2.45. The Hall–Kier alpha value is -1.78. The van der Waals surface area contributed by atoms with E-state index in [0.29, 0.717) is 17.4 Å². The van der Waals surface area contributed by atoms with Gasteiger partial charge in [-0.1, -0.05) is 0 Å². The van der Waals surface area contributed by atoms with Crippen LogP contribution < -0.4 is 0 Å². The molecule has 0 bridgehead atoms. The molecule has 0 spiro atoms. The predicted molar refractivity (Wildman–Crippen MR) is 65.1 cm³/mol.